The smallest absolute Gasteiger partial charge is 0.329 e. The van der Waals surface area contributed by atoms with Gasteiger partial charge in [-0.25, -0.2) is 9.59 Å². The highest BCUT2D eigenvalue weighted by Gasteiger charge is 2.45. The van der Waals surface area contributed by atoms with Gasteiger partial charge in [0.05, 0.1) is 5.69 Å². The van der Waals surface area contributed by atoms with Crippen LogP contribution in [-0.2, 0) is 4.79 Å². The Kier molecular flexibility index (Phi) is 4.66. The molecule has 1 aliphatic rings. The molecule has 0 unspecified atom stereocenters. The number of thioether (sulfide) groups is 1. The Morgan fingerprint density at radius 2 is 1.95 bits per heavy atom. The van der Waals surface area contributed by atoms with E-state index >= 15 is 0 Å². The topological polar surface area (TPSA) is 78.4 Å². The van der Waals surface area contributed by atoms with Crippen LogP contribution in [0.2, 0.25) is 0 Å². The summed E-state index contributed by atoms with van der Waals surface area (Å²) in [4.78, 5) is 23.3. The number of nitrogens with one attached hydrogen (secondary N) is 2. The Balaban J connectivity index is 2.04. The zero-order valence-electron chi connectivity index (χ0n) is 10.9. The predicted octanol–water partition coefficient (Wildman–Crippen LogP) is 3.13. The number of carboxylic acids is 1. The number of benzene rings is 1. The van der Waals surface area contributed by atoms with E-state index in [1.54, 1.807) is 12.1 Å². The van der Waals surface area contributed by atoms with Crippen molar-refractivity contribution in [1.82, 2.24) is 5.32 Å². The lowest BCUT2D eigenvalue weighted by molar-refractivity contribution is -0.148. The van der Waals surface area contributed by atoms with E-state index in [0.29, 0.717) is 24.6 Å². The highest BCUT2D eigenvalue weighted by atomic mass is 32.2. The van der Waals surface area contributed by atoms with E-state index in [4.69, 9.17) is 5.11 Å². The van der Waals surface area contributed by atoms with E-state index in [0.717, 1.165) is 6.42 Å². The molecule has 0 saturated heterocycles. The third-order valence-electron chi connectivity index (χ3n) is 3.32. The molecular formula is C13H14F2N2O3S. The maximum Gasteiger partial charge on any atom is 0.329 e. The highest BCUT2D eigenvalue weighted by Crippen LogP contribution is 2.33. The number of alkyl halides is 2. The Bertz CT molecular complexity index is 550. The third-order valence-corrected chi connectivity index (χ3v) is 4.11. The summed E-state index contributed by atoms with van der Waals surface area (Å²) in [6.07, 6.45) is 1.46. The van der Waals surface area contributed by atoms with Crippen LogP contribution in [0.1, 0.15) is 19.3 Å². The van der Waals surface area contributed by atoms with Crippen molar-refractivity contribution in [3.05, 3.63) is 24.3 Å². The van der Waals surface area contributed by atoms with Crippen molar-refractivity contribution in [1.29, 1.82) is 0 Å². The molecular weight excluding hydrogens is 302 g/mol. The number of amides is 2. The van der Waals surface area contributed by atoms with Gasteiger partial charge in [-0.05, 0) is 31.4 Å². The Hall–Kier alpha value is -1.83. The summed E-state index contributed by atoms with van der Waals surface area (Å²) in [6, 6.07) is 5.42. The number of carboxylic acid groups (broad SMARTS) is 1. The van der Waals surface area contributed by atoms with Crippen molar-refractivity contribution in [2.75, 3.05) is 5.32 Å². The largest absolute Gasteiger partial charge is 0.480 e. The number of anilines is 1. The van der Waals surface area contributed by atoms with Gasteiger partial charge >= 0.3 is 12.0 Å². The number of carbonyl (C=O) groups excluding carboxylic acids is 1. The van der Waals surface area contributed by atoms with Gasteiger partial charge in [0.15, 0.2) is 0 Å². The molecule has 2 rings (SSSR count). The number of carbonyl (C=O) groups is 2. The molecule has 1 aromatic rings. The summed E-state index contributed by atoms with van der Waals surface area (Å²) in [5.74, 6) is -3.69. The number of halogens is 2. The first-order valence-electron chi connectivity index (χ1n) is 6.29. The summed E-state index contributed by atoms with van der Waals surface area (Å²) in [6.45, 7) is 0. The zero-order valence-corrected chi connectivity index (χ0v) is 11.8. The van der Waals surface area contributed by atoms with Gasteiger partial charge in [0.25, 0.3) is 5.76 Å². The zero-order chi connectivity index (χ0) is 15.5. The maximum atomic E-state index is 12.4. The molecule has 5 nitrogen and oxygen atoms in total. The minimum atomic E-state index is -2.60. The molecule has 1 aromatic carbocycles. The van der Waals surface area contributed by atoms with Crippen molar-refractivity contribution in [3.63, 3.8) is 0 Å². The van der Waals surface area contributed by atoms with E-state index in [9.17, 15) is 18.4 Å². The fraction of sp³-hybridized carbons (Fsp3) is 0.385. The first-order valence-corrected chi connectivity index (χ1v) is 7.17. The van der Waals surface area contributed by atoms with Crippen LogP contribution < -0.4 is 10.6 Å². The highest BCUT2D eigenvalue weighted by molar-refractivity contribution is 7.99. The summed E-state index contributed by atoms with van der Waals surface area (Å²) >= 11 is 0.319. The minimum Gasteiger partial charge on any atom is -0.480 e. The number of para-hydroxylation sites is 1. The standard InChI is InChI=1S/C13H14F2N2O3S/c14-11(15)21-9-5-2-1-4-8(9)16-12(20)17-13(10(18)19)6-3-7-13/h1-2,4-5,11H,3,6-7H2,(H,18,19)(H2,16,17,20). The molecule has 3 N–H and O–H groups in total. The quantitative estimate of drug-likeness (QED) is 0.729. The molecule has 0 atom stereocenters. The minimum absolute atomic E-state index is 0.222. The first kappa shape index (κ1) is 15.6. The molecule has 0 aromatic heterocycles. The lowest BCUT2D eigenvalue weighted by atomic mass is 9.77. The molecule has 21 heavy (non-hydrogen) atoms. The van der Waals surface area contributed by atoms with Gasteiger partial charge in [0.1, 0.15) is 5.54 Å². The molecule has 114 valence electrons. The number of rotatable bonds is 5. The van der Waals surface area contributed by atoms with Crippen LogP contribution in [0.5, 0.6) is 0 Å². The first-order chi connectivity index (χ1) is 9.93. The fourth-order valence-corrected chi connectivity index (χ4v) is 2.66. The van der Waals surface area contributed by atoms with Crippen molar-refractivity contribution < 1.29 is 23.5 Å². The Morgan fingerprint density at radius 3 is 2.48 bits per heavy atom. The van der Waals surface area contributed by atoms with Gasteiger partial charge < -0.3 is 15.7 Å². The van der Waals surface area contributed by atoms with Crippen LogP contribution in [0.3, 0.4) is 0 Å². The second-order valence-corrected chi connectivity index (χ2v) is 5.73. The summed E-state index contributed by atoms with van der Waals surface area (Å²) < 4.78 is 24.9. The number of hydrogen-bond acceptors (Lipinski definition) is 3. The third kappa shape index (κ3) is 3.63. The second kappa shape index (κ2) is 6.30. The lowest BCUT2D eigenvalue weighted by Crippen LogP contribution is -2.60. The van der Waals surface area contributed by atoms with Gasteiger partial charge in [-0.15, -0.1) is 0 Å². The van der Waals surface area contributed by atoms with Gasteiger partial charge in [0.2, 0.25) is 0 Å². The Labute approximate surface area is 124 Å². The number of aliphatic carboxylic acids is 1. The van der Waals surface area contributed by atoms with Crippen LogP contribution in [0.25, 0.3) is 0 Å². The van der Waals surface area contributed by atoms with Gasteiger partial charge in [0, 0.05) is 4.90 Å². The summed E-state index contributed by atoms with van der Waals surface area (Å²) in [7, 11) is 0. The molecule has 0 bridgehead atoms. The molecule has 2 amide bonds. The second-order valence-electron chi connectivity index (χ2n) is 4.69. The number of hydrogen-bond donors (Lipinski definition) is 3. The summed E-state index contributed by atoms with van der Waals surface area (Å²) in [5, 5.41) is 14.0. The maximum absolute atomic E-state index is 12.4. The monoisotopic (exact) mass is 316 g/mol. The molecule has 1 fully saturated rings. The van der Waals surface area contributed by atoms with E-state index in [1.807, 2.05) is 0 Å². The van der Waals surface area contributed by atoms with Gasteiger partial charge in [-0.3, -0.25) is 0 Å². The van der Waals surface area contributed by atoms with Crippen molar-refractivity contribution in [2.24, 2.45) is 0 Å². The van der Waals surface area contributed by atoms with E-state index < -0.39 is 23.3 Å². The summed E-state index contributed by atoms with van der Waals surface area (Å²) in [5.41, 5.74) is -1.02. The molecule has 1 aliphatic carbocycles. The Morgan fingerprint density at radius 1 is 1.29 bits per heavy atom. The lowest BCUT2D eigenvalue weighted by Gasteiger charge is -2.38. The van der Waals surface area contributed by atoms with Crippen molar-refractivity contribution in [3.8, 4) is 0 Å². The molecule has 1 saturated carbocycles. The normalized spacial score (nSPS) is 16.1. The molecule has 0 radical (unpaired) electrons. The van der Waals surface area contributed by atoms with E-state index in [1.165, 1.54) is 12.1 Å². The van der Waals surface area contributed by atoms with Crippen molar-refractivity contribution in [2.45, 2.75) is 35.5 Å². The van der Waals surface area contributed by atoms with Crippen LogP contribution in [0.4, 0.5) is 19.3 Å². The molecule has 8 heteroatoms. The van der Waals surface area contributed by atoms with Crippen LogP contribution in [0.15, 0.2) is 29.2 Å². The van der Waals surface area contributed by atoms with E-state index in [-0.39, 0.29) is 10.6 Å². The predicted molar refractivity (Wildman–Crippen MR) is 74.7 cm³/mol. The van der Waals surface area contributed by atoms with E-state index in [2.05, 4.69) is 10.6 Å². The van der Waals surface area contributed by atoms with Crippen molar-refractivity contribution >= 4 is 29.4 Å². The molecule has 0 aliphatic heterocycles. The van der Waals surface area contributed by atoms with Crippen LogP contribution in [-0.4, -0.2) is 28.4 Å². The average molecular weight is 316 g/mol. The fourth-order valence-electron chi connectivity index (χ4n) is 2.06. The van der Waals surface area contributed by atoms with Crippen LogP contribution >= 0.6 is 11.8 Å². The molecule has 0 spiro atoms. The number of urea groups is 1. The average Bonchev–Trinajstić information content (AvgIpc) is 2.35. The SMILES string of the molecule is O=C(Nc1ccccc1SC(F)F)NC1(C(=O)O)CCC1. The van der Waals surface area contributed by atoms with Crippen LogP contribution in [0, 0.1) is 0 Å². The van der Waals surface area contributed by atoms with Gasteiger partial charge in [-0.2, -0.15) is 8.78 Å². The molecule has 0 heterocycles. The van der Waals surface area contributed by atoms with Gasteiger partial charge in [-0.1, -0.05) is 23.9 Å².